The highest BCUT2D eigenvalue weighted by Crippen LogP contribution is 2.07. The summed E-state index contributed by atoms with van der Waals surface area (Å²) in [6.07, 6.45) is 0.420. The summed E-state index contributed by atoms with van der Waals surface area (Å²) in [6.45, 7) is 0. The fourth-order valence-corrected chi connectivity index (χ4v) is 3.85. The zero-order valence-electron chi connectivity index (χ0n) is 7.29. The Kier molecular flexibility index (Phi) is 4.18. The molecule has 0 atom stereocenters. The summed E-state index contributed by atoms with van der Waals surface area (Å²) < 4.78 is 85.7. The third-order valence-electron chi connectivity index (χ3n) is 1.07. The molecule has 0 aromatic carbocycles. The van der Waals surface area contributed by atoms with Crippen LogP contribution in [-0.4, -0.2) is 47.6 Å². The van der Waals surface area contributed by atoms with Gasteiger partial charge in [-0.3, -0.25) is 0 Å². The molecule has 7 nitrogen and oxygen atoms in total. The van der Waals surface area contributed by atoms with Crippen LogP contribution in [0.25, 0.3) is 0 Å². The van der Waals surface area contributed by atoms with Gasteiger partial charge in [0.1, 0.15) is 11.8 Å². The second kappa shape index (κ2) is 4.27. The molecule has 0 N–H and O–H groups in total. The van der Waals surface area contributed by atoms with Gasteiger partial charge < -0.3 is 0 Å². The topological polar surface area (TPSA) is 106 Å². The molecule has 0 unspecified atom stereocenters. The standard InChI is InChI=1S/C3H7F2NO6S3/c1-13(7,8)6(2-14(4,9)10)3-15(5,11)12/h2-3H2,1H3. The molecule has 12 heteroatoms. The van der Waals surface area contributed by atoms with E-state index in [0.717, 1.165) is 0 Å². The van der Waals surface area contributed by atoms with Gasteiger partial charge in [-0.25, -0.2) is 8.42 Å². The Bertz CT molecular complexity index is 484. The van der Waals surface area contributed by atoms with Gasteiger partial charge >= 0.3 is 20.4 Å². The summed E-state index contributed by atoms with van der Waals surface area (Å²) in [4.78, 5) is 0. The predicted octanol–water partition coefficient (Wildman–Crippen LogP) is -1.24. The van der Waals surface area contributed by atoms with Crippen LogP contribution in [0.1, 0.15) is 0 Å². The third-order valence-corrected chi connectivity index (χ3v) is 3.83. The molecular weight excluding hydrogens is 280 g/mol. The lowest BCUT2D eigenvalue weighted by molar-refractivity contribution is 0.459. The second-order valence-electron chi connectivity index (χ2n) is 2.55. The van der Waals surface area contributed by atoms with Crippen molar-refractivity contribution >= 4 is 30.5 Å². The zero-order valence-corrected chi connectivity index (χ0v) is 9.74. The molecule has 0 aliphatic carbocycles. The molecule has 15 heavy (non-hydrogen) atoms. The van der Waals surface area contributed by atoms with E-state index in [1.165, 1.54) is 0 Å². The first-order valence-corrected chi connectivity index (χ1v) is 8.06. The lowest BCUT2D eigenvalue weighted by Gasteiger charge is -2.14. The van der Waals surface area contributed by atoms with Crippen LogP contribution >= 0.6 is 0 Å². The summed E-state index contributed by atoms with van der Waals surface area (Å²) in [5.74, 6) is -3.48. The van der Waals surface area contributed by atoms with Crippen molar-refractivity contribution in [3.8, 4) is 0 Å². The van der Waals surface area contributed by atoms with Crippen LogP contribution in [0.4, 0.5) is 7.77 Å². The Labute approximate surface area is 86.2 Å². The van der Waals surface area contributed by atoms with Crippen molar-refractivity contribution in [1.82, 2.24) is 4.31 Å². The molecule has 0 aliphatic heterocycles. The number of rotatable bonds is 5. The maximum absolute atomic E-state index is 12.1. The van der Waals surface area contributed by atoms with Gasteiger partial charge in [-0.1, -0.05) is 0 Å². The average molecular weight is 287 g/mol. The van der Waals surface area contributed by atoms with Crippen LogP contribution in [0.2, 0.25) is 0 Å². The Morgan fingerprint density at radius 2 is 1.13 bits per heavy atom. The molecule has 0 fully saturated rings. The number of sulfonamides is 1. The summed E-state index contributed by atoms with van der Waals surface area (Å²) in [5.41, 5.74) is 0. The molecular formula is C3H7F2NO6S3. The van der Waals surface area contributed by atoms with E-state index in [1.807, 2.05) is 0 Å². The van der Waals surface area contributed by atoms with Crippen LogP contribution in [0.3, 0.4) is 0 Å². The normalized spacial score (nSPS) is 14.4. The van der Waals surface area contributed by atoms with Crippen molar-refractivity contribution in [1.29, 1.82) is 0 Å². The van der Waals surface area contributed by atoms with Crippen LogP contribution in [0.5, 0.6) is 0 Å². The van der Waals surface area contributed by atoms with Crippen molar-refractivity contribution in [3.05, 3.63) is 0 Å². The fourth-order valence-electron chi connectivity index (χ4n) is 0.573. The molecule has 0 aliphatic rings. The van der Waals surface area contributed by atoms with Gasteiger partial charge in [-0.05, 0) is 0 Å². The number of nitrogens with zero attached hydrogens (tertiary/aromatic N) is 1. The van der Waals surface area contributed by atoms with E-state index in [1.54, 1.807) is 0 Å². The van der Waals surface area contributed by atoms with Gasteiger partial charge in [-0.2, -0.15) is 21.1 Å². The highest BCUT2D eigenvalue weighted by molar-refractivity contribution is 7.92. The first-order chi connectivity index (χ1) is 6.31. The van der Waals surface area contributed by atoms with Gasteiger partial charge in [-0.15, -0.1) is 7.77 Å². The summed E-state index contributed by atoms with van der Waals surface area (Å²) in [7, 11) is -14.9. The van der Waals surface area contributed by atoms with Crippen LogP contribution in [0, 0.1) is 0 Å². The molecule has 0 bridgehead atoms. The molecule has 92 valence electrons. The minimum Gasteiger partial charge on any atom is -0.212 e. The van der Waals surface area contributed by atoms with Gasteiger partial charge in [0.05, 0.1) is 6.26 Å². The van der Waals surface area contributed by atoms with Gasteiger partial charge in [0.25, 0.3) is 0 Å². The Morgan fingerprint density at radius 1 is 0.867 bits per heavy atom. The number of hydrogen-bond acceptors (Lipinski definition) is 6. The molecule has 0 aromatic heterocycles. The minimum atomic E-state index is -5.26. The maximum atomic E-state index is 12.1. The maximum Gasteiger partial charge on any atom is 0.316 e. The van der Waals surface area contributed by atoms with Crippen molar-refractivity contribution in [2.75, 3.05) is 18.0 Å². The molecule has 0 radical (unpaired) electrons. The molecule has 0 heterocycles. The summed E-state index contributed by atoms with van der Waals surface area (Å²) in [5, 5.41) is 0. The van der Waals surface area contributed by atoms with Gasteiger partial charge in [0.2, 0.25) is 10.0 Å². The van der Waals surface area contributed by atoms with E-state index < -0.39 is 42.2 Å². The number of hydrogen-bond donors (Lipinski definition) is 0. The fraction of sp³-hybridized carbons (Fsp3) is 1.00. The lowest BCUT2D eigenvalue weighted by atomic mass is 11.2. The number of halogens is 2. The summed E-state index contributed by atoms with van der Waals surface area (Å²) >= 11 is 0. The highest BCUT2D eigenvalue weighted by atomic mass is 32.3. The van der Waals surface area contributed by atoms with E-state index in [4.69, 9.17) is 0 Å². The van der Waals surface area contributed by atoms with E-state index in [-0.39, 0.29) is 4.31 Å². The lowest BCUT2D eigenvalue weighted by Crippen LogP contribution is -2.36. The minimum absolute atomic E-state index is 0.350. The zero-order chi connectivity index (χ0) is 12.5. The third kappa shape index (κ3) is 7.58. The second-order valence-corrected chi connectivity index (χ2v) is 7.20. The predicted molar refractivity (Wildman–Crippen MR) is 46.5 cm³/mol. The Hall–Kier alpha value is -0.330. The van der Waals surface area contributed by atoms with Crippen molar-refractivity contribution in [2.24, 2.45) is 0 Å². The molecule has 0 amide bonds. The molecule has 0 saturated heterocycles. The van der Waals surface area contributed by atoms with Gasteiger partial charge in [0, 0.05) is 0 Å². The van der Waals surface area contributed by atoms with Crippen LogP contribution in [-0.2, 0) is 30.5 Å². The van der Waals surface area contributed by atoms with Crippen molar-refractivity contribution in [2.45, 2.75) is 0 Å². The smallest absolute Gasteiger partial charge is 0.212 e. The highest BCUT2D eigenvalue weighted by Gasteiger charge is 2.28. The monoisotopic (exact) mass is 287 g/mol. The quantitative estimate of drug-likeness (QED) is 0.586. The van der Waals surface area contributed by atoms with E-state index in [2.05, 4.69) is 0 Å². The largest absolute Gasteiger partial charge is 0.316 e. The van der Waals surface area contributed by atoms with Crippen molar-refractivity contribution in [3.63, 3.8) is 0 Å². The molecule has 0 saturated carbocycles. The Balaban J connectivity index is 5.12. The summed E-state index contributed by atoms with van der Waals surface area (Å²) in [6, 6.07) is 0. The van der Waals surface area contributed by atoms with E-state index in [0.29, 0.717) is 6.26 Å². The van der Waals surface area contributed by atoms with E-state index in [9.17, 15) is 33.0 Å². The molecule has 0 aromatic rings. The van der Waals surface area contributed by atoms with Crippen LogP contribution in [0.15, 0.2) is 0 Å². The first kappa shape index (κ1) is 14.7. The van der Waals surface area contributed by atoms with Gasteiger partial charge in [0.15, 0.2) is 0 Å². The first-order valence-electron chi connectivity index (χ1n) is 3.11. The Morgan fingerprint density at radius 3 is 1.27 bits per heavy atom. The average Bonchev–Trinajstić information content (AvgIpc) is 1.75. The van der Waals surface area contributed by atoms with Crippen LogP contribution < -0.4 is 0 Å². The molecule has 0 rings (SSSR count). The van der Waals surface area contributed by atoms with Crippen molar-refractivity contribution < 1.29 is 33.0 Å². The SMILES string of the molecule is CS(=O)(=O)N(CS(=O)(=O)F)CS(=O)(=O)F. The van der Waals surface area contributed by atoms with E-state index >= 15 is 0 Å². The molecule has 0 spiro atoms.